The van der Waals surface area contributed by atoms with E-state index in [0.29, 0.717) is 18.5 Å². The van der Waals surface area contributed by atoms with Crippen LogP contribution in [0.1, 0.15) is 5.69 Å². The van der Waals surface area contributed by atoms with Gasteiger partial charge >= 0.3 is 0 Å². The van der Waals surface area contributed by atoms with E-state index in [-0.39, 0.29) is 6.10 Å². The molecule has 0 bridgehead atoms. The number of hydrogen-bond donors (Lipinski definition) is 0. The average Bonchev–Trinajstić information content (AvgIpc) is 3.21. The smallest absolute Gasteiger partial charge is 0.227 e. The summed E-state index contributed by atoms with van der Waals surface area (Å²) in [5.74, 6) is 1.65. The fraction of sp³-hybridized carbons (Fsp3) is 0.588. The van der Waals surface area contributed by atoms with E-state index in [2.05, 4.69) is 33.9 Å². The van der Waals surface area contributed by atoms with Crippen molar-refractivity contribution in [3.05, 3.63) is 30.5 Å². The molecule has 3 heterocycles. The molecule has 8 heteroatoms. The molecule has 2 aromatic rings. The number of rotatable bonds is 6. The molecular formula is C17H27N7O. The molecule has 3 rings (SSSR count). The molecule has 0 aromatic carbocycles. The van der Waals surface area contributed by atoms with Crippen LogP contribution in [0.25, 0.3) is 0 Å². The van der Waals surface area contributed by atoms with E-state index >= 15 is 0 Å². The maximum Gasteiger partial charge on any atom is 0.227 e. The number of ether oxygens (including phenoxy) is 1. The van der Waals surface area contributed by atoms with E-state index in [0.717, 1.165) is 24.6 Å². The summed E-state index contributed by atoms with van der Waals surface area (Å²) in [6.45, 7) is 2.44. The van der Waals surface area contributed by atoms with Gasteiger partial charge in [0.2, 0.25) is 5.95 Å². The Morgan fingerprint density at radius 2 is 2.08 bits per heavy atom. The van der Waals surface area contributed by atoms with Crippen LogP contribution in [0.5, 0.6) is 0 Å². The molecule has 25 heavy (non-hydrogen) atoms. The Kier molecular flexibility index (Phi) is 5.19. The van der Waals surface area contributed by atoms with Crippen LogP contribution in [-0.2, 0) is 18.3 Å². The molecule has 0 aliphatic carbocycles. The number of anilines is 2. The largest absolute Gasteiger partial charge is 0.378 e. The van der Waals surface area contributed by atoms with Crippen molar-refractivity contribution in [2.45, 2.75) is 18.7 Å². The van der Waals surface area contributed by atoms with Crippen molar-refractivity contribution >= 4 is 11.8 Å². The summed E-state index contributed by atoms with van der Waals surface area (Å²) in [7, 11) is 9.94. The van der Waals surface area contributed by atoms with E-state index in [1.54, 1.807) is 13.4 Å². The van der Waals surface area contributed by atoms with Crippen molar-refractivity contribution in [1.29, 1.82) is 0 Å². The maximum atomic E-state index is 5.65. The van der Waals surface area contributed by atoms with Gasteiger partial charge in [0, 0.05) is 46.7 Å². The maximum absolute atomic E-state index is 5.65. The number of hydrogen-bond acceptors (Lipinski definition) is 7. The summed E-state index contributed by atoms with van der Waals surface area (Å²) in [6.07, 6.45) is 5.67. The van der Waals surface area contributed by atoms with Crippen LogP contribution < -0.4 is 9.80 Å². The average molecular weight is 345 g/mol. The Morgan fingerprint density at radius 1 is 1.28 bits per heavy atom. The SMILES string of the molecule is CO[C@@H]1CN(c2ccnc(N(C)Cc3cncn3C)n2)C[C@@H]1N(C)C. The summed E-state index contributed by atoms with van der Waals surface area (Å²) >= 11 is 0. The topological polar surface area (TPSA) is 62.6 Å². The number of imidazole rings is 1. The first kappa shape index (κ1) is 17.6. The van der Waals surface area contributed by atoms with Gasteiger partial charge < -0.3 is 24.0 Å². The molecule has 1 fully saturated rings. The lowest BCUT2D eigenvalue weighted by molar-refractivity contribution is 0.0639. The fourth-order valence-corrected chi connectivity index (χ4v) is 3.22. The van der Waals surface area contributed by atoms with Gasteiger partial charge in [-0.25, -0.2) is 9.97 Å². The van der Waals surface area contributed by atoms with Crippen molar-refractivity contribution in [2.75, 3.05) is 51.1 Å². The lowest BCUT2D eigenvalue weighted by Gasteiger charge is -2.23. The Hall–Kier alpha value is -2.19. The van der Waals surface area contributed by atoms with E-state index < -0.39 is 0 Å². The van der Waals surface area contributed by atoms with Crippen molar-refractivity contribution < 1.29 is 4.74 Å². The summed E-state index contributed by atoms with van der Waals surface area (Å²) in [6, 6.07) is 2.32. The van der Waals surface area contributed by atoms with Crippen LogP contribution in [0, 0.1) is 0 Å². The van der Waals surface area contributed by atoms with Crippen LogP contribution >= 0.6 is 0 Å². The first-order valence-corrected chi connectivity index (χ1v) is 8.43. The highest BCUT2D eigenvalue weighted by atomic mass is 16.5. The van der Waals surface area contributed by atoms with Gasteiger partial charge in [-0.2, -0.15) is 4.98 Å². The standard InChI is InChI=1S/C17H27N7O/c1-21(2)14-10-24(11-15(14)25-5)16-6-7-19-17(20-16)22(3)9-13-8-18-12-23(13)4/h6-8,12,14-15H,9-11H2,1-5H3/t14-,15+/m0/s1. The number of aryl methyl sites for hydroxylation is 1. The molecule has 0 spiro atoms. The van der Waals surface area contributed by atoms with Crippen LogP contribution in [0.15, 0.2) is 24.8 Å². The van der Waals surface area contributed by atoms with Crippen molar-refractivity contribution in [3.63, 3.8) is 0 Å². The molecule has 0 unspecified atom stereocenters. The van der Waals surface area contributed by atoms with E-state index in [1.807, 2.05) is 42.0 Å². The molecule has 0 saturated carbocycles. The van der Waals surface area contributed by atoms with E-state index in [1.165, 1.54) is 0 Å². The molecule has 136 valence electrons. The highest BCUT2D eigenvalue weighted by Crippen LogP contribution is 2.23. The van der Waals surface area contributed by atoms with Crippen LogP contribution in [0.3, 0.4) is 0 Å². The Morgan fingerprint density at radius 3 is 2.68 bits per heavy atom. The van der Waals surface area contributed by atoms with Crippen molar-refractivity contribution in [2.24, 2.45) is 7.05 Å². The normalized spacial score (nSPS) is 20.5. The van der Waals surface area contributed by atoms with Crippen LogP contribution in [0.4, 0.5) is 11.8 Å². The first-order chi connectivity index (χ1) is 12.0. The monoisotopic (exact) mass is 345 g/mol. The number of likely N-dealkylation sites (N-methyl/N-ethyl adjacent to an activating group) is 1. The molecule has 8 nitrogen and oxygen atoms in total. The molecule has 2 aromatic heterocycles. The second-order valence-corrected chi connectivity index (χ2v) is 6.78. The summed E-state index contributed by atoms with van der Waals surface area (Å²) in [5, 5.41) is 0. The highest BCUT2D eigenvalue weighted by molar-refractivity contribution is 5.45. The second-order valence-electron chi connectivity index (χ2n) is 6.78. The Labute approximate surface area is 149 Å². The number of nitrogens with zero attached hydrogens (tertiary/aromatic N) is 7. The molecule has 0 radical (unpaired) electrons. The van der Waals surface area contributed by atoms with E-state index in [4.69, 9.17) is 9.72 Å². The van der Waals surface area contributed by atoms with Gasteiger partial charge in [-0.1, -0.05) is 0 Å². The van der Waals surface area contributed by atoms with E-state index in [9.17, 15) is 0 Å². The van der Waals surface area contributed by atoms with Crippen LogP contribution in [0.2, 0.25) is 0 Å². The predicted molar refractivity (Wildman–Crippen MR) is 97.8 cm³/mol. The van der Waals surface area contributed by atoms with Crippen LogP contribution in [-0.4, -0.2) is 77.9 Å². The summed E-state index contributed by atoms with van der Waals surface area (Å²) < 4.78 is 7.66. The zero-order valence-electron chi connectivity index (χ0n) is 15.6. The third kappa shape index (κ3) is 3.74. The number of methoxy groups -OCH3 is 1. The van der Waals surface area contributed by atoms with Gasteiger partial charge in [0.15, 0.2) is 0 Å². The first-order valence-electron chi connectivity index (χ1n) is 8.43. The molecule has 1 aliphatic heterocycles. The third-order valence-corrected chi connectivity index (χ3v) is 4.81. The van der Waals surface area contributed by atoms with Crippen molar-refractivity contribution in [3.8, 4) is 0 Å². The van der Waals surface area contributed by atoms with Gasteiger partial charge in [0.05, 0.1) is 30.7 Å². The number of aromatic nitrogens is 4. The molecule has 0 amide bonds. The zero-order valence-corrected chi connectivity index (χ0v) is 15.6. The van der Waals surface area contributed by atoms with Crippen molar-refractivity contribution in [1.82, 2.24) is 24.4 Å². The second kappa shape index (κ2) is 7.37. The molecule has 1 aliphatic rings. The van der Waals surface area contributed by atoms with Gasteiger partial charge in [-0.3, -0.25) is 0 Å². The highest BCUT2D eigenvalue weighted by Gasteiger charge is 2.35. The quantitative estimate of drug-likeness (QED) is 0.760. The fourth-order valence-electron chi connectivity index (χ4n) is 3.22. The lowest BCUT2D eigenvalue weighted by atomic mass is 10.2. The van der Waals surface area contributed by atoms with Gasteiger partial charge in [0.1, 0.15) is 5.82 Å². The predicted octanol–water partition coefficient (Wildman–Crippen LogP) is 0.612. The van der Waals surface area contributed by atoms with Gasteiger partial charge in [-0.15, -0.1) is 0 Å². The Balaban J connectivity index is 1.74. The lowest BCUT2D eigenvalue weighted by Crippen LogP contribution is -2.39. The minimum Gasteiger partial charge on any atom is -0.378 e. The minimum atomic E-state index is 0.181. The molecule has 2 atom stereocenters. The van der Waals surface area contributed by atoms with Gasteiger partial charge in [-0.05, 0) is 20.2 Å². The molecular weight excluding hydrogens is 318 g/mol. The molecule has 0 N–H and O–H groups in total. The zero-order chi connectivity index (χ0) is 18.0. The molecule has 1 saturated heterocycles. The third-order valence-electron chi connectivity index (χ3n) is 4.81. The Bertz CT molecular complexity index is 702. The minimum absolute atomic E-state index is 0.181. The van der Waals surface area contributed by atoms with Gasteiger partial charge in [0.25, 0.3) is 0 Å². The summed E-state index contributed by atoms with van der Waals surface area (Å²) in [4.78, 5) is 19.9. The summed E-state index contributed by atoms with van der Waals surface area (Å²) in [5.41, 5.74) is 1.12.